The number of benzene rings is 1. The van der Waals surface area contributed by atoms with Crippen molar-refractivity contribution in [3.05, 3.63) is 53.5 Å². The molecule has 13 heteroatoms. The Bertz CT molecular complexity index is 1170. The van der Waals surface area contributed by atoms with E-state index in [-0.39, 0.29) is 36.8 Å². The summed E-state index contributed by atoms with van der Waals surface area (Å²) in [7, 11) is 0. The van der Waals surface area contributed by atoms with Gasteiger partial charge in [-0.1, -0.05) is 32.8 Å². The highest BCUT2D eigenvalue weighted by Crippen LogP contribution is 2.50. The quantitative estimate of drug-likeness (QED) is 0.231. The van der Waals surface area contributed by atoms with Crippen LogP contribution in [0.2, 0.25) is 0 Å². The first-order valence-corrected chi connectivity index (χ1v) is 12.9. The lowest BCUT2D eigenvalue weighted by atomic mass is 9.90. The molecule has 1 fully saturated rings. The first-order chi connectivity index (χ1) is 18.6. The minimum atomic E-state index is -5.99. The van der Waals surface area contributed by atoms with Crippen molar-refractivity contribution in [1.29, 1.82) is 0 Å². The lowest BCUT2D eigenvalue weighted by Gasteiger charge is -2.33. The molecule has 0 saturated carbocycles. The van der Waals surface area contributed by atoms with Crippen LogP contribution in [0.5, 0.6) is 5.75 Å². The molecule has 3 amide bonds. The van der Waals surface area contributed by atoms with Crippen molar-refractivity contribution in [3.8, 4) is 5.75 Å². The molecule has 2 heterocycles. The van der Waals surface area contributed by atoms with Crippen molar-refractivity contribution in [3.63, 3.8) is 0 Å². The van der Waals surface area contributed by atoms with Crippen LogP contribution >= 0.6 is 0 Å². The number of halogens is 6. The molecule has 1 aliphatic heterocycles. The van der Waals surface area contributed by atoms with Crippen LogP contribution in [0.3, 0.4) is 0 Å². The smallest absolute Gasteiger partial charge is 0.430 e. The standard InChI is InChI=1S/C27H32F6N2O5/c1-4-7-17(16-35-22(36)24(3,34-23(35)37)21-9-6-13-40-21)12-14-39-20-11-10-19(15-18(20)8-5-2)25(38,26(28,29)30)27(31,32)33/h6,9-11,13,15,17,38H,4-5,7-8,12,14,16H2,1-3H3,(H,34,37). The summed E-state index contributed by atoms with van der Waals surface area (Å²) in [6.45, 7) is 5.28. The van der Waals surface area contributed by atoms with E-state index in [4.69, 9.17) is 9.15 Å². The second-order valence-corrected chi connectivity index (χ2v) is 10.0. The maximum absolute atomic E-state index is 13.4. The van der Waals surface area contributed by atoms with Gasteiger partial charge in [0.05, 0.1) is 12.9 Å². The molecule has 1 aromatic carbocycles. The van der Waals surface area contributed by atoms with Gasteiger partial charge >= 0.3 is 18.4 Å². The van der Waals surface area contributed by atoms with Gasteiger partial charge in [-0.25, -0.2) is 4.79 Å². The van der Waals surface area contributed by atoms with Crippen LogP contribution in [0, 0.1) is 5.92 Å². The zero-order valence-electron chi connectivity index (χ0n) is 22.3. The van der Waals surface area contributed by atoms with E-state index in [1.807, 2.05) is 6.92 Å². The normalized spacial score (nSPS) is 19.2. The molecule has 0 aliphatic carbocycles. The molecule has 1 saturated heterocycles. The summed E-state index contributed by atoms with van der Waals surface area (Å²) in [5, 5.41) is 12.4. The Kier molecular flexibility index (Phi) is 9.17. The summed E-state index contributed by atoms with van der Waals surface area (Å²) in [5.41, 5.74) is -7.63. The molecule has 222 valence electrons. The van der Waals surface area contributed by atoms with E-state index < -0.39 is 41.0 Å². The zero-order valence-corrected chi connectivity index (χ0v) is 22.3. The Hall–Kier alpha value is -3.22. The van der Waals surface area contributed by atoms with Gasteiger partial charge in [-0.3, -0.25) is 9.69 Å². The van der Waals surface area contributed by atoms with Gasteiger partial charge < -0.3 is 19.6 Å². The van der Waals surface area contributed by atoms with Crippen LogP contribution < -0.4 is 10.1 Å². The minimum Gasteiger partial charge on any atom is -0.493 e. The van der Waals surface area contributed by atoms with E-state index in [2.05, 4.69) is 5.32 Å². The summed E-state index contributed by atoms with van der Waals surface area (Å²) < 4.78 is 91.2. The Balaban J connectivity index is 1.74. The summed E-state index contributed by atoms with van der Waals surface area (Å²) in [5.74, 6) is -0.281. The molecule has 2 N–H and O–H groups in total. The molecular weight excluding hydrogens is 546 g/mol. The first kappa shape index (κ1) is 31.3. The van der Waals surface area contributed by atoms with Gasteiger partial charge in [0, 0.05) is 12.1 Å². The van der Waals surface area contributed by atoms with Crippen molar-refractivity contribution < 1.29 is 50.2 Å². The number of furan rings is 1. The summed E-state index contributed by atoms with van der Waals surface area (Å²) >= 11 is 0. The molecule has 0 spiro atoms. The maximum Gasteiger partial charge on any atom is 0.430 e. The number of hydrogen-bond donors (Lipinski definition) is 2. The maximum atomic E-state index is 13.4. The van der Waals surface area contributed by atoms with Crippen molar-refractivity contribution in [2.45, 2.75) is 76.4 Å². The average Bonchev–Trinajstić information content (AvgIpc) is 3.47. The Morgan fingerprint density at radius 3 is 2.27 bits per heavy atom. The number of nitrogens with zero attached hydrogens (tertiary/aromatic N) is 1. The molecule has 40 heavy (non-hydrogen) atoms. The number of ether oxygens (including phenoxy) is 1. The van der Waals surface area contributed by atoms with Gasteiger partial charge in [0.15, 0.2) is 5.54 Å². The molecule has 7 nitrogen and oxygen atoms in total. The number of urea groups is 1. The fourth-order valence-electron chi connectivity index (χ4n) is 4.82. The number of aliphatic hydroxyl groups is 1. The number of hydrogen-bond acceptors (Lipinski definition) is 5. The van der Waals surface area contributed by atoms with E-state index in [1.54, 1.807) is 26.0 Å². The zero-order chi connectivity index (χ0) is 29.9. The second kappa shape index (κ2) is 11.7. The number of nitrogens with one attached hydrogen (secondary N) is 1. The summed E-state index contributed by atoms with van der Waals surface area (Å²) in [6.07, 6.45) is -8.36. The lowest BCUT2D eigenvalue weighted by molar-refractivity contribution is -0.376. The van der Waals surface area contributed by atoms with Gasteiger partial charge in [0.1, 0.15) is 11.5 Å². The lowest BCUT2D eigenvalue weighted by Crippen LogP contribution is -2.53. The van der Waals surface area contributed by atoms with Gasteiger partial charge in [-0.15, -0.1) is 0 Å². The van der Waals surface area contributed by atoms with Crippen LogP contribution in [0.1, 0.15) is 63.3 Å². The topological polar surface area (TPSA) is 92.0 Å². The first-order valence-electron chi connectivity index (χ1n) is 12.9. The molecule has 0 radical (unpaired) electrons. The number of carbonyl (C=O) groups is 2. The summed E-state index contributed by atoms with van der Waals surface area (Å²) in [4.78, 5) is 26.9. The van der Waals surface area contributed by atoms with Crippen LogP contribution in [-0.4, -0.2) is 47.4 Å². The number of amides is 3. The largest absolute Gasteiger partial charge is 0.493 e. The predicted octanol–water partition coefficient (Wildman–Crippen LogP) is 6.20. The monoisotopic (exact) mass is 578 g/mol. The number of carbonyl (C=O) groups excluding carboxylic acids is 2. The second-order valence-electron chi connectivity index (χ2n) is 10.0. The van der Waals surface area contributed by atoms with Crippen molar-refractivity contribution in [2.24, 2.45) is 5.92 Å². The highest BCUT2D eigenvalue weighted by atomic mass is 19.4. The number of rotatable bonds is 12. The van der Waals surface area contributed by atoms with Crippen molar-refractivity contribution in [1.82, 2.24) is 10.2 Å². The molecule has 3 rings (SSSR count). The van der Waals surface area contributed by atoms with Crippen LogP contribution in [0.4, 0.5) is 31.1 Å². The number of aryl methyl sites for hydroxylation is 1. The number of alkyl halides is 6. The highest BCUT2D eigenvalue weighted by molar-refractivity contribution is 6.06. The Morgan fingerprint density at radius 1 is 1.05 bits per heavy atom. The van der Waals surface area contributed by atoms with Crippen molar-refractivity contribution >= 4 is 11.9 Å². The third-order valence-electron chi connectivity index (χ3n) is 7.03. The fraction of sp³-hybridized carbons (Fsp3) is 0.556. The molecule has 1 aliphatic rings. The minimum absolute atomic E-state index is 0.0304. The fourth-order valence-corrected chi connectivity index (χ4v) is 4.82. The van der Waals surface area contributed by atoms with E-state index in [0.717, 1.165) is 17.4 Å². The van der Waals surface area contributed by atoms with E-state index in [0.29, 0.717) is 37.2 Å². The molecule has 1 aromatic heterocycles. The molecule has 2 atom stereocenters. The molecule has 2 unspecified atom stereocenters. The number of imide groups is 1. The molecule has 0 bridgehead atoms. The highest BCUT2D eigenvalue weighted by Gasteiger charge is 2.71. The Morgan fingerprint density at radius 2 is 1.73 bits per heavy atom. The SMILES string of the molecule is CCCc1cc(C(O)(C(F)(F)F)C(F)(F)F)ccc1OCCC(CCC)CN1C(=O)NC(C)(c2ccco2)C1=O. The van der Waals surface area contributed by atoms with Gasteiger partial charge in [0.25, 0.3) is 11.5 Å². The van der Waals surface area contributed by atoms with E-state index in [1.165, 1.54) is 6.26 Å². The van der Waals surface area contributed by atoms with Gasteiger partial charge in [-0.2, -0.15) is 26.3 Å². The van der Waals surface area contributed by atoms with Gasteiger partial charge in [-0.05, 0) is 61.9 Å². The molecular formula is C27H32F6N2O5. The summed E-state index contributed by atoms with van der Waals surface area (Å²) in [6, 6.07) is 4.83. The van der Waals surface area contributed by atoms with E-state index in [9.17, 15) is 41.0 Å². The third kappa shape index (κ3) is 5.93. The van der Waals surface area contributed by atoms with Crippen molar-refractivity contribution in [2.75, 3.05) is 13.2 Å². The predicted molar refractivity (Wildman–Crippen MR) is 131 cm³/mol. The molecule has 2 aromatic rings. The third-order valence-corrected chi connectivity index (χ3v) is 7.03. The van der Waals surface area contributed by atoms with Crippen LogP contribution in [0.15, 0.2) is 41.0 Å². The van der Waals surface area contributed by atoms with Gasteiger partial charge in [0.2, 0.25) is 0 Å². The van der Waals surface area contributed by atoms with Crippen LogP contribution in [0.25, 0.3) is 0 Å². The Labute approximate surface area is 227 Å². The van der Waals surface area contributed by atoms with Crippen LogP contribution in [-0.2, 0) is 22.4 Å². The van der Waals surface area contributed by atoms with E-state index >= 15 is 0 Å². The average molecular weight is 579 g/mol.